The zero-order valence-electron chi connectivity index (χ0n) is 17.2. The lowest BCUT2D eigenvalue weighted by Crippen LogP contribution is -2.23. The number of amides is 1. The second kappa shape index (κ2) is 11.1. The Hall–Kier alpha value is -3.02. The van der Waals surface area contributed by atoms with Crippen LogP contribution in [-0.4, -0.2) is 30.2 Å². The fourth-order valence-electron chi connectivity index (χ4n) is 2.84. The lowest BCUT2D eigenvalue weighted by molar-refractivity contribution is -0.138. The number of carbonyl (C=O) groups is 2. The number of nitrogens with one attached hydrogen (secondary N) is 1. The van der Waals surface area contributed by atoms with Crippen LogP contribution in [0.3, 0.4) is 0 Å². The molecule has 1 amide bonds. The van der Waals surface area contributed by atoms with Crippen molar-refractivity contribution in [1.29, 1.82) is 0 Å². The summed E-state index contributed by atoms with van der Waals surface area (Å²) < 4.78 is 11.8. The van der Waals surface area contributed by atoms with E-state index in [2.05, 4.69) is 31.3 Å². The quantitative estimate of drug-likeness (QED) is 0.557. The molecule has 0 atom stereocenters. The van der Waals surface area contributed by atoms with E-state index < -0.39 is 5.97 Å². The van der Waals surface area contributed by atoms with Gasteiger partial charge in [-0.05, 0) is 36.1 Å². The number of carboxylic acid groups (broad SMARTS) is 1. The van der Waals surface area contributed by atoms with Gasteiger partial charge in [0.15, 0.2) is 0 Å². The number of aliphatic carboxylic acids is 1. The van der Waals surface area contributed by atoms with E-state index in [1.165, 1.54) is 5.56 Å². The topological polar surface area (TPSA) is 84.9 Å². The van der Waals surface area contributed by atoms with Gasteiger partial charge < -0.3 is 19.9 Å². The maximum absolute atomic E-state index is 11.7. The van der Waals surface area contributed by atoms with E-state index >= 15 is 0 Å². The first-order valence-corrected chi connectivity index (χ1v) is 9.79. The molecule has 0 heterocycles. The second-order valence-electron chi connectivity index (χ2n) is 7.17. The number of hydrogen-bond acceptors (Lipinski definition) is 4. The summed E-state index contributed by atoms with van der Waals surface area (Å²) >= 11 is 0. The highest BCUT2D eigenvalue weighted by atomic mass is 16.5. The Morgan fingerprint density at radius 3 is 2.38 bits per heavy atom. The van der Waals surface area contributed by atoms with E-state index in [9.17, 15) is 9.59 Å². The first-order valence-electron chi connectivity index (χ1n) is 9.79. The maximum Gasteiger partial charge on any atom is 0.303 e. The third-order valence-electron chi connectivity index (χ3n) is 4.40. The average molecular weight is 399 g/mol. The first kappa shape index (κ1) is 22.3. The van der Waals surface area contributed by atoms with Crippen LogP contribution in [0.25, 0.3) is 0 Å². The van der Waals surface area contributed by atoms with Crippen LogP contribution in [0.5, 0.6) is 11.5 Å². The number of para-hydroxylation sites is 1. The van der Waals surface area contributed by atoms with Gasteiger partial charge in [0.05, 0.1) is 6.42 Å². The van der Waals surface area contributed by atoms with Crippen molar-refractivity contribution in [1.82, 2.24) is 5.32 Å². The predicted octanol–water partition coefficient (Wildman–Crippen LogP) is 4.06. The van der Waals surface area contributed by atoms with Crippen molar-refractivity contribution in [2.45, 2.75) is 46.1 Å². The van der Waals surface area contributed by atoms with Crippen LogP contribution in [0.4, 0.5) is 0 Å². The number of hydrogen-bond donors (Lipinski definition) is 2. The zero-order valence-corrected chi connectivity index (χ0v) is 17.2. The summed E-state index contributed by atoms with van der Waals surface area (Å²) in [5, 5.41) is 11.4. The van der Waals surface area contributed by atoms with E-state index in [1.807, 2.05) is 37.3 Å². The molecule has 6 heteroatoms. The molecule has 0 aromatic heterocycles. The Morgan fingerprint density at radius 2 is 1.69 bits per heavy atom. The largest absolute Gasteiger partial charge is 0.490 e. The molecule has 29 heavy (non-hydrogen) atoms. The highest BCUT2D eigenvalue weighted by molar-refractivity contribution is 5.80. The lowest BCUT2D eigenvalue weighted by atomic mass is 10.0. The van der Waals surface area contributed by atoms with Gasteiger partial charge >= 0.3 is 5.97 Å². The molecule has 0 saturated carbocycles. The van der Waals surface area contributed by atoms with E-state index in [0.29, 0.717) is 24.9 Å². The minimum atomic E-state index is -0.988. The minimum Gasteiger partial charge on any atom is -0.490 e. The van der Waals surface area contributed by atoms with Crippen molar-refractivity contribution in [3.63, 3.8) is 0 Å². The smallest absolute Gasteiger partial charge is 0.303 e. The molecule has 2 aromatic carbocycles. The van der Waals surface area contributed by atoms with Gasteiger partial charge in [0, 0.05) is 18.5 Å². The van der Waals surface area contributed by atoms with Crippen molar-refractivity contribution in [2.24, 2.45) is 0 Å². The average Bonchev–Trinajstić information content (AvgIpc) is 2.68. The summed E-state index contributed by atoms with van der Waals surface area (Å²) in [5.41, 5.74) is 3.14. The molecule has 0 spiro atoms. The van der Waals surface area contributed by atoms with E-state index in [1.54, 1.807) is 0 Å². The monoisotopic (exact) mass is 399 g/mol. The fourth-order valence-corrected chi connectivity index (χ4v) is 2.84. The first-order chi connectivity index (χ1) is 13.9. The number of carboxylic acids is 1. The van der Waals surface area contributed by atoms with Crippen LogP contribution in [0, 0.1) is 6.92 Å². The summed E-state index contributed by atoms with van der Waals surface area (Å²) in [7, 11) is 0. The van der Waals surface area contributed by atoms with Crippen LogP contribution >= 0.6 is 0 Å². The summed E-state index contributed by atoms with van der Waals surface area (Å²) in [4.78, 5) is 22.3. The Labute approximate surface area is 171 Å². The molecule has 0 radical (unpaired) electrons. The van der Waals surface area contributed by atoms with Gasteiger partial charge in [0.25, 0.3) is 0 Å². The maximum atomic E-state index is 11.7. The Kier molecular flexibility index (Phi) is 8.52. The van der Waals surface area contributed by atoms with Gasteiger partial charge in [-0.2, -0.15) is 0 Å². The summed E-state index contributed by atoms with van der Waals surface area (Å²) in [6, 6.07) is 13.7. The molecule has 0 aliphatic heterocycles. The number of ether oxygens (including phenoxy) is 2. The van der Waals surface area contributed by atoms with Crippen molar-refractivity contribution >= 4 is 11.9 Å². The molecule has 0 saturated heterocycles. The van der Waals surface area contributed by atoms with Crippen LogP contribution < -0.4 is 14.8 Å². The Balaban J connectivity index is 1.86. The number of aryl methyl sites for hydroxylation is 1. The standard InChI is InChI=1S/C23H29NO5/c1-16(2)19-9-8-17(3)14-21(19)29-13-12-28-20-7-5-4-6-18(20)15-24-22(25)10-11-23(26)27/h4-9,14,16H,10-13,15H2,1-3H3,(H,24,25)(H,26,27). The van der Waals surface area contributed by atoms with Crippen molar-refractivity contribution in [3.8, 4) is 11.5 Å². The molecular weight excluding hydrogens is 370 g/mol. The van der Waals surface area contributed by atoms with Gasteiger partial charge in [-0.15, -0.1) is 0 Å². The molecule has 0 fully saturated rings. The van der Waals surface area contributed by atoms with Gasteiger partial charge in [-0.1, -0.05) is 44.2 Å². The van der Waals surface area contributed by atoms with Crippen molar-refractivity contribution in [2.75, 3.05) is 13.2 Å². The van der Waals surface area contributed by atoms with Gasteiger partial charge in [-0.3, -0.25) is 9.59 Å². The summed E-state index contributed by atoms with van der Waals surface area (Å²) in [6.07, 6.45) is -0.223. The molecular formula is C23H29NO5. The third kappa shape index (κ3) is 7.49. The molecule has 2 N–H and O–H groups in total. The number of rotatable bonds is 11. The van der Waals surface area contributed by atoms with E-state index in [0.717, 1.165) is 16.9 Å². The lowest BCUT2D eigenvalue weighted by Gasteiger charge is -2.16. The predicted molar refractivity (Wildman–Crippen MR) is 111 cm³/mol. The number of carbonyl (C=O) groups excluding carboxylic acids is 1. The van der Waals surface area contributed by atoms with Crippen LogP contribution in [-0.2, 0) is 16.1 Å². The SMILES string of the molecule is Cc1ccc(C(C)C)c(OCCOc2ccccc2CNC(=O)CCC(=O)O)c1. The normalized spacial score (nSPS) is 10.6. The molecule has 0 bridgehead atoms. The molecule has 6 nitrogen and oxygen atoms in total. The Bertz CT molecular complexity index is 832. The van der Waals surface area contributed by atoms with E-state index in [-0.39, 0.29) is 25.3 Å². The summed E-state index contributed by atoms with van der Waals surface area (Å²) in [5.74, 6) is 0.631. The molecule has 156 valence electrons. The van der Waals surface area contributed by atoms with Gasteiger partial charge in [0.1, 0.15) is 24.7 Å². The van der Waals surface area contributed by atoms with Crippen LogP contribution in [0.2, 0.25) is 0 Å². The highest BCUT2D eigenvalue weighted by Gasteiger charge is 2.10. The molecule has 0 aliphatic carbocycles. The van der Waals surface area contributed by atoms with Gasteiger partial charge in [0.2, 0.25) is 5.91 Å². The zero-order chi connectivity index (χ0) is 21.2. The molecule has 0 unspecified atom stereocenters. The third-order valence-corrected chi connectivity index (χ3v) is 4.40. The molecule has 2 rings (SSSR count). The van der Waals surface area contributed by atoms with Crippen molar-refractivity contribution < 1.29 is 24.2 Å². The van der Waals surface area contributed by atoms with Gasteiger partial charge in [-0.25, -0.2) is 0 Å². The number of benzene rings is 2. The minimum absolute atomic E-state index is 0.0408. The second-order valence-corrected chi connectivity index (χ2v) is 7.17. The Morgan fingerprint density at radius 1 is 1.00 bits per heavy atom. The molecule has 2 aromatic rings. The van der Waals surface area contributed by atoms with Crippen LogP contribution in [0.15, 0.2) is 42.5 Å². The molecule has 0 aliphatic rings. The van der Waals surface area contributed by atoms with E-state index in [4.69, 9.17) is 14.6 Å². The fraction of sp³-hybridized carbons (Fsp3) is 0.391. The van der Waals surface area contributed by atoms with Crippen molar-refractivity contribution in [3.05, 3.63) is 59.2 Å². The summed E-state index contributed by atoms with van der Waals surface area (Å²) in [6.45, 7) is 7.36. The highest BCUT2D eigenvalue weighted by Crippen LogP contribution is 2.27. The van der Waals surface area contributed by atoms with Crippen LogP contribution in [0.1, 0.15) is 49.3 Å².